The van der Waals surface area contributed by atoms with Crippen LogP contribution >= 0.6 is 0 Å². The predicted octanol–water partition coefficient (Wildman–Crippen LogP) is 2.17. The van der Waals surface area contributed by atoms with Crippen LogP contribution in [0.1, 0.15) is 31.2 Å². The highest BCUT2D eigenvalue weighted by Crippen LogP contribution is 2.31. The molecule has 1 heterocycles. The van der Waals surface area contributed by atoms with E-state index in [1.54, 1.807) is 6.08 Å². The summed E-state index contributed by atoms with van der Waals surface area (Å²) < 4.78 is 64.9. The zero-order chi connectivity index (χ0) is 21.1. The molecule has 1 fully saturated rings. The third-order valence-electron chi connectivity index (χ3n) is 4.85. The number of sulfonamides is 1. The minimum absolute atomic E-state index is 0.0153. The van der Waals surface area contributed by atoms with Gasteiger partial charge in [-0.05, 0) is 43.5 Å². The normalized spacial score (nSPS) is 18.7. The molecule has 2 aliphatic rings. The van der Waals surface area contributed by atoms with Crippen molar-refractivity contribution in [1.29, 1.82) is 0 Å². The Morgan fingerprint density at radius 3 is 2.62 bits per heavy atom. The largest absolute Gasteiger partial charge is 0.416 e. The fourth-order valence-corrected chi connectivity index (χ4v) is 4.39. The zero-order valence-electron chi connectivity index (χ0n) is 15.5. The van der Waals surface area contributed by atoms with E-state index in [0.29, 0.717) is 11.8 Å². The van der Waals surface area contributed by atoms with Crippen LogP contribution in [-0.4, -0.2) is 44.4 Å². The van der Waals surface area contributed by atoms with Crippen molar-refractivity contribution < 1.29 is 31.2 Å². The van der Waals surface area contributed by atoms with Gasteiger partial charge in [-0.2, -0.15) is 17.5 Å². The second-order valence-corrected chi connectivity index (χ2v) is 8.89. The number of nitrogens with zero attached hydrogens (tertiary/aromatic N) is 1. The Hall–Kier alpha value is -2.11. The van der Waals surface area contributed by atoms with Crippen LogP contribution in [-0.2, 0) is 25.8 Å². The lowest BCUT2D eigenvalue weighted by Crippen LogP contribution is -2.42. The van der Waals surface area contributed by atoms with E-state index in [9.17, 15) is 26.4 Å². The van der Waals surface area contributed by atoms with Gasteiger partial charge >= 0.3 is 6.18 Å². The lowest BCUT2D eigenvalue weighted by atomic mass is 9.93. The minimum atomic E-state index is -4.62. The molecule has 1 aromatic rings. The van der Waals surface area contributed by atoms with Crippen molar-refractivity contribution >= 4 is 15.9 Å². The number of carbonyl (C=O) groups excluding carboxylic acids is 1. The first kappa shape index (κ1) is 21.6. The molecule has 0 atom stereocenters. The lowest BCUT2D eigenvalue weighted by Gasteiger charge is -2.27. The van der Waals surface area contributed by atoms with Crippen molar-refractivity contribution in [2.45, 2.75) is 42.8 Å². The number of hydrogen-bond donors (Lipinski definition) is 2. The summed E-state index contributed by atoms with van der Waals surface area (Å²) in [5.41, 5.74) is 2.23. The van der Waals surface area contributed by atoms with Gasteiger partial charge in [0, 0.05) is 31.2 Å². The smallest absolute Gasteiger partial charge is 0.351 e. The maximum absolute atomic E-state index is 12.8. The highest BCUT2D eigenvalue weighted by Gasteiger charge is 2.33. The van der Waals surface area contributed by atoms with Gasteiger partial charge in [0.25, 0.3) is 0 Å². The van der Waals surface area contributed by atoms with E-state index in [0.717, 1.165) is 41.8 Å². The average Bonchev–Trinajstić information content (AvgIpc) is 2.65. The highest BCUT2D eigenvalue weighted by molar-refractivity contribution is 7.89. The molecule has 2 N–H and O–H groups in total. The van der Waals surface area contributed by atoms with E-state index in [-0.39, 0.29) is 38.1 Å². The maximum Gasteiger partial charge on any atom is 0.416 e. The number of rotatable bonds is 7. The molecule has 0 radical (unpaired) electrons. The van der Waals surface area contributed by atoms with Crippen LogP contribution in [0.2, 0.25) is 0 Å². The molecule has 29 heavy (non-hydrogen) atoms. The Bertz CT molecular complexity index is 883. The van der Waals surface area contributed by atoms with Crippen molar-refractivity contribution in [2.24, 2.45) is 0 Å². The Labute approximate surface area is 166 Å². The summed E-state index contributed by atoms with van der Waals surface area (Å²) in [7, 11) is -4.06. The maximum atomic E-state index is 12.8. The molecule has 7 nitrogen and oxygen atoms in total. The molecule has 0 spiro atoms. The molecular weight excluding hydrogens is 411 g/mol. The van der Waals surface area contributed by atoms with E-state index in [1.165, 1.54) is 0 Å². The van der Waals surface area contributed by atoms with Gasteiger partial charge < -0.3 is 5.32 Å². The molecule has 0 unspecified atom stereocenters. The summed E-state index contributed by atoms with van der Waals surface area (Å²) in [6.45, 7) is -0.103. The van der Waals surface area contributed by atoms with Crippen LogP contribution in [0.3, 0.4) is 0 Å². The first-order valence-electron chi connectivity index (χ1n) is 9.20. The van der Waals surface area contributed by atoms with Gasteiger partial charge in [0.1, 0.15) is 0 Å². The summed E-state index contributed by atoms with van der Waals surface area (Å²) in [4.78, 5) is 16.4. The van der Waals surface area contributed by atoms with Crippen LogP contribution in [0.4, 0.5) is 13.2 Å². The number of nitrogens with one attached hydrogen (secondary N) is 2. The van der Waals surface area contributed by atoms with E-state index in [4.69, 9.17) is 4.84 Å². The van der Waals surface area contributed by atoms with Crippen molar-refractivity contribution in [1.82, 2.24) is 15.1 Å². The van der Waals surface area contributed by atoms with Gasteiger partial charge in [0.2, 0.25) is 15.9 Å². The number of hydrogen-bond acceptors (Lipinski definition) is 5. The molecule has 0 aromatic heterocycles. The first-order valence-corrected chi connectivity index (χ1v) is 10.6. The van der Waals surface area contributed by atoms with Crippen LogP contribution in [0, 0.1) is 0 Å². The minimum Gasteiger partial charge on any atom is -0.351 e. The second kappa shape index (κ2) is 8.72. The molecule has 1 saturated carbocycles. The quantitative estimate of drug-likeness (QED) is 0.644. The fraction of sp³-hybridized carbons (Fsp3) is 0.500. The molecule has 1 aliphatic heterocycles. The Morgan fingerprint density at radius 1 is 1.28 bits per heavy atom. The van der Waals surface area contributed by atoms with E-state index in [1.807, 2.05) is 0 Å². The number of amides is 1. The van der Waals surface area contributed by atoms with Crippen molar-refractivity contribution in [2.75, 3.05) is 19.7 Å². The van der Waals surface area contributed by atoms with E-state index >= 15 is 0 Å². The number of alkyl halides is 3. The number of carbonyl (C=O) groups is 1. The van der Waals surface area contributed by atoms with Gasteiger partial charge in [-0.1, -0.05) is 6.07 Å². The highest BCUT2D eigenvalue weighted by atomic mass is 32.2. The predicted molar refractivity (Wildman–Crippen MR) is 97.8 cm³/mol. The SMILES string of the molecule is O=C(CONC1=CCN(S(=O)(=O)c2cccc(C(F)(F)F)c2)CC1)NC1CCC1. The number of halogens is 3. The summed E-state index contributed by atoms with van der Waals surface area (Å²) in [6.07, 6.45) is 0.283. The summed E-state index contributed by atoms with van der Waals surface area (Å²) in [6, 6.07) is 3.90. The Balaban J connectivity index is 1.53. The van der Waals surface area contributed by atoms with Crippen LogP contribution in [0.25, 0.3) is 0 Å². The monoisotopic (exact) mass is 433 g/mol. The number of benzene rings is 1. The zero-order valence-corrected chi connectivity index (χ0v) is 16.4. The molecule has 1 aliphatic carbocycles. The van der Waals surface area contributed by atoms with Gasteiger partial charge in [0.15, 0.2) is 6.61 Å². The molecule has 11 heteroatoms. The molecule has 0 bridgehead atoms. The molecule has 1 aromatic carbocycles. The molecule has 160 valence electrons. The summed E-state index contributed by atoms with van der Waals surface area (Å²) in [5.74, 6) is -0.229. The fourth-order valence-electron chi connectivity index (χ4n) is 2.96. The topological polar surface area (TPSA) is 87.7 Å². The van der Waals surface area contributed by atoms with E-state index < -0.39 is 26.7 Å². The summed E-state index contributed by atoms with van der Waals surface area (Å²) in [5, 5.41) is 2.82. The molecule has 0 saturated heterocycles. The molecular formula is C18H22F3N3O4S. The first-order chi connectivity index (χ1) is 13.7. The van der Waals surface area contributed by atoms with Crippen molar-refractivity contribution in [3.8, 4) is 0 Å². The van der Waals surface area contributed by atoms with Gasteiger partial charge in [-0.3, -0.25) is 15.1 Å². The van der Waals surface area contributed by atoms with Gasteiger partial charge in [0.05, 0.1) is 10.5 Å². The van der Waals surface area contributed by atoms with Crippen LogP contribution < -0.4 is 10.8 Å². The van der Waals surface area contributed by atoms with Gasteiger partial charge in [-0.15, -0.1) is 0 Å². The van der Waals surface area contributed by atoms with Crippen molar-refractivity contribution in [3.63, 3.8) is 0 Å². The Morgan fingerprint density at radius 2 is 2.03 bits per heavy atom. The second-order valence-electron chi connectivity index (χ2n) is 6.95. The lowest BCUT2D eigenvalue weighted by molar-refractivity contribution is -0.137. The molecule has 3 rings (SSSR count). The van der Waals surface area contributed by atoms with Crippen LogP contribution in [0.15, 0.2) is 40.9 Å². The standard InChI is InChI=1S/C18H22F3N3O4S/c19-18(20,21)13-3-1-6-16(11-13)29(26,27)24-9-7-15(8-10-24)23-28-12-17(25)22-14-4-2-5-14/h1,3,6-7,11,14,23H,2,4-5,8-10,12H2,(H,22,25). The Kier molecular flexibility index (Phi) is 6.49. The average molecular weight is 433 g/mol. The summed E-state index contributed by atoms with van der Waals surface area (Å²) >= 11 is 0. The van der Waals surface area contributed by atoms with E-state index in [2.05, 4.69) is 10.8 Å². The molecule has 1 amide bonds. The third-order valence-corrected chi connectivity index (χ3v) is 6.71. The van der Waals surface area contributed by atoms with Gasteiger partial charge in [-0.25, -0.2) is 8.42 Å². The van der Waals surface area contributed by atoms with Crippen molar-refractivity contribution in [3.05, 3.63) is 41.6 Å². The van der Waals surface area contributed by atoms with Crippen LogP contribution in [0.5, 0.6) is 0 Å². The third kappa shape index (κ3) is 5.49. The number of hydroxylamine groups is 1.